The van der Waals surface area contributed by atoms with Crippen LogP contribution in [0, 0.1) is 11.8 Å². The Labute approximate surface area is 99.8 Å². The van der Waals surface area contributed by atoms with Gasteiger partial charge in [-0.15, -0.1) is 0 Å². The van der Waals surface area contributed by atoms with Gasteiger partial charge in [0.15, 0.2) is 0 Å². The molecule has 1 spiro atoms. The van der Waals surface area contributed by atoms with Crippen LogP contribution in [0.5, 0.6) is 0 Å². The lowest BCUT2D eigenvalue weighted by Gasteiger charge is -2.44. The van der Waals surface area contributed by atoms with Crippen molar-refractivity contribution in [2.75, 3.05) is 26.2 Å². The van der Waals surface area contributed by atoms with Crippen molar-refractivity contribution in [3.8, 4) is 0 Å². The second kappa shape index (κ2) is 4.30. The monoisotopic (exact) mass is 222 g/mol. The maximum absolute atomic E-state index is 3.66. The van der Waals surface area contributed by atoms with Crippen LogP contribution in [0.2, 0.25) is 0 Å². The molecule has 16 heavy (non-hydrogen) atoms. The third kappa shape index (κ3) is 2.14. The first-order chi connectivity index (χ1) is 7.78. The predicted molar refractivity (Wildman–Crippen MR) is 67.5 cm³/mol. The van der Waals surface area contributed by atoms with Crippen molar-refractivity contribution < 1.29 is 0 Å². The summed E-state index contributed by atoms with van der Waals surface area (Å²) in [7, 11) is 0. The zero-order valence-corrected chi connectivity index (χ0v) is 10.7. The number of likely N-dealkylation sites (tertiary alicyclic amines) is 1. The molecule has 0 aromatic rings. The standard InChI is InChI=1S/C14H26N2/c1-12-9-14(11-15-10-12)6-2-7-16(14)8-5-13-3-4-13/h12-13,15H,2-11H2,1H3. The molecule has 0 radical (unpaired) electrons. The highest BCUT2D eigenvalue weighted by molar-refractivity contribution is 5.01. The molecule has 0 aromatic heterocycles. The van der Waals surface area contributed by atoms with Crippen LogP contribution in [0.3, 0.4) is 0 Å². The van der Waals surface area contributed by atoms with Crippen molar-refractivity contribution in [3.63, 3.8) is 0 Å². The molecule has 2 heteroatoms. The zero-order chi connectivity index (χ0) is 11.0. The molecule has 1 saturated carbocycles. The Kier molecular flexibility index (Phi) is 2.97. The Bertz CT molecular complexity index is 249. The second-order valence-electron chi connectivity index (χ2n) is 6.49. The van der Waals surface area contributed by atoms with Crippen LogP contribution < -0.4 is 5.32 Å². The minimum atomic E-state index is 0.548. The van der Waals surface area contributed by atoms with Crippen molar-refractivity contribution in [1.82, 2.24) is 10.2 Å². The summed E-state index contributed by atoms with van der Waals surface area (Å²) >= 11 is 0. The summed E-state index contributed by atoms with van der Waals surface area (Å²) in [6, 6.07) is 0. The SMILES string of the molecule is CC1CNCC2(CCCN2CCC2CC2)C1. The van der Waals surface area contributed by atoms with Crippen molar-refractivity contribution in [3.05, 3.63) is 0 Å². The molecule has 0 amide bonds. The third-order valence-corrected chi connectivity index (χ3v) is 4.92. The van der Waals surface area contributed by atoms with E-state index >= 15 is 0 Å². The van der Waals surface area contributed by atoms with Crippen LogP contribution in [0.4, 0.5) is 0 Å². The van der Waals surface area contributed by atoms with Gasteiger partial charge in [0.1, 0.15) is 0 Å². The van der Waals surface area contributed by atoms with Gasteiger partial charge in [0.05, 0.1) is 0 Å². The van der Waals surface area contributed by atoms with E-state index in [-0.39, 0.29) is 0 Å². The van der Waals surface area contributed by atoms with Gasteiger partial charge in [0.25, 0.3) is 0 Å². The van der Waals surface area contributed by atoms with Crippen molar-refractivity contribution in [1.29, 1.82) is 0 Å². The number of nitrogens with one attached hydrogen (secondary N) is 1. The summed E-state index contributed by atoms with van der Waals surface area (Å²) in [6.45, 7) is 7.63. The highest BCUT2D eigenvalue weighted by Crippen LogP contribution is 2.39. The topological polar surface area (TPSA) is 15.3 Å². The summed E-state index contributed by atoms with van der Waals surface area (Å²) in [5.74, 6) is 1.96. The molecule has 2 atom stereocenters. The minimum Gasteiger partial charge on any atom is -0.315 e. The van der Waals surface area contributed by atoms with Crippen molar-refractivity contribution >= 4 is 0 Å². The van der Waals surface area contributed by atoms with Gasteiger partial charge >= 0.3 is 0 Å². The van der Waals surface area contributed by atoms with E-state index in [0.29, 0.717) is 5.54 Å². The Morgan fingerprint density at radius 2 is 2.25 bits per heavy atom. The van der Waals surface area contributed by atoms with E-state index in [4.69, 9.17) is 0 Å². The maximum Gasteiger partial charge on any atom is 0.0337 e. The average Bonchev–Trinajstić information content (AvgIpc) is 3.01. The van der Waals surface area contributed by atoms with Gasteiger partial charge < -0.3 is 5.32 Å². The highest BCUT2D eigenvalue weighted by atomic mass is 15.2. The van der Waals surface area contributed by atoms with Gasteiger partial charge in [-0.3, -0.25) is 4.90 Å². The molecule has 2 heterocycles. The molecule has 0 bridgehead atoms. The molecule has 1 aliphatic carbocycles. The van der Waals surface area contributed by atoms with Gasteiger partial charge in [-0.25, -0.2) is 0 Å². The van der Waals surface area contributed by atoms with Gasteiger partial charge in [-0.05, 0) is 57.2 Å². The molecule has 2 aliphatic heterocycles. The van der Waals surface area contributed by atoms with E-state index in [1.54, 1.807) is 0 Å². The molecule has 92 valence electrons. The molecule has 3 aliphatic rings. The minimum absolute atomic E-state index is 0.548. The first-order valence-corrected chi connectivity index (χ1v) is 7.24. The molecular weight excluding hydrogens is 196 g/mol. The summed E-state index contributed by atoms with van der Waals surface area (Å²) in [4.78, 5) is 2.83. The van der Waals surface area contributed by atoms with Gasteiger partial charge in [-0.1, -0.05) is 19.8 Å². The quantitative estimate of drug-likeness (QED) is 0.788. The third-order valence-electron chi connectivity index (χ3n) is 4.92. The van der Waals surface area contributed by atoms with E-state index in [9.17, 15) is 0 Å². The molecular formula is C14H26N2. The molecule has 2 saturated heterocycles. The van der Waals surface area contributed by atoms with E-state index < -0.39 is 0 Å². The van der Waals surface area contributed by atoms with E-state index in [2.05, 4.69) is 17.1 Å². The van der Waals surface area contributed by atoms with Crippen LogP contribution >= 0.6 is 0 Å². The number of nitrogens with zero attached hydrogens (tertiary/aromatic N) is 1. The predicted octanol–water partition coefficient (Wildman–Crippen LogP) is 2.25. The van der Waals surface area contributed by atoms with Gasteiger partial charge in [-0.2, -0.15) is 0 Å². The Morgan fingerprint density at radius 1 is 1.38 bits per heavy atom. The Morgan fingerprint density at radius 3 is 3.00 bits per heavy atom. The number of hydrogen-bond donors (Lipinski definition) is 1. The molecule has 3 rings (SSSR count). The van der Waals surface area contributed by atoms with E-state index in [0.717, 1.165) is 11.8 Å². The fourth-order valence-electron chi connectivity index (χ4n) is 3.86. The fourth-order valence-corrected chi connectivity index (χ4v) is 3.86. The van der Waals surface area contributed by atoms with E-state index in [1.165, 1.54) is 64.7 Å². The molecule has 0 aromatic carbocycles. The fraction of sp³-hybridized carbons (Fsp3) is 1.00. The zero-order valence-electron chi connectivity index (χ0n) is 10.7. The summed E-state index contributed by atoms with van der Waals surface area (Å²) in [5.41, 5.74) is 0.548. The molecule has 1 N–H and O–H groups in total. The summed E-state index contributed by atoms with van der Waals surface area (Å²) in [5, 5.41) is 3.66. The summed E-state index contributed by atoms with van der Waals surface area (Å²) in [6.07, 6.45) is 8.79. The Balaban J connectivity index is 1.61. The highest BCUT2D eigenvalue weighted by Gasteiger charge is 2.43. The first kappa shape index (κ1) is 11.0. The van der Waals surface area contributed by atoms with Crippen LogP contribution in [-0.2, 0) is 0 Å². The number of piperidine rings is 1. The van der Waals surface area contributed by atoms with Crippen molar-refractivity contribution in [2.45, 2.75) is 51.0 Å². The van der Waals surface area contributed by atoms with Crippen LogP contribution in [-0.4, -0.2) is 36.6 Å². The van der Waals surface area contributed by atoms with Crippen LogP contribution in [0.15, 0.2) is 0 Å². The average molecular weight is 222 g/mol. The molecule has 2 nitrogen and oxygen atoms in total. The number of hydrogen-bond acceptors (Lipinski definition) is 2. The maximum atomic E-state index is 3.66. The van der Waals surface area contributed by atoms with Crippen LogP contribution in [0.1, 0.15) is 45.4 Å². The smallest absolute Gasteiger partial charge is 0.0337 e. The number of rotatable bonds is 3. The molecule has 2 unspecified atom stereocenters. The molecule has 3 fully saturated rings. The lowest BCUT2D eigenvalue weighted by molar-refractivity contribution is 0.0818. The first-order valence-electron chi connectivity index (χ1n) is 7.24. The van der Waals surface area contributed by atoms with Gasteiger partial charge in [0.2, 0.25) is 0 Å². The second-order valence-corrected chi connectivity index (χ2v) is 6.49. The largest absolute Gasteiger partial charge is 0.315 e. The lowest BCUT2D eigenvalue weighted by Crippen LogP contribution is -2.56. The van der Waals surface area contributed by atoms with E-state index in [1.807, 2.05) is 0 Å². The Hall–Kier alpha value is -0.0800. The lowest BCUT2D eigenvalue weighted by atomic mass is 9.82. The van der Waals surface area contributed by atoms with Crippen LogP contribution in [0.25, 0.3) is 0 Å². The van der Waals surface area contributed by atoms with Gasteiger partial charge in [0, 0.05) is 12.1 Å². The van der Waals surface area contributed by atoms with Crippen molar-refractivity contribution in [2.24, 2.45) is 11.8 Å². The normalized spacial score (nSPS) is 40.7. The summed E-state index contributed by atoms with van der Waals surface area (Å²) < 4.78 is 0.